The molecule has 4 rings (SSSR count). The second-order valence-corrected chi connectivity index (χ2v) is 9.97. The van der Waals surface area contributed by atoms with E-state index in [0.717, 1.165) is 29.2 Å². The quantitative estimate of drug-likeness (QED) is 0.116. The van der Waals surface area contributed by atoms with E-state index >= 15 is 0 Å². The van der Waals surface area contributed by atoms with Crippen molar-refractivity contribution in [2.75, 3.05) is 14.2 Å². The minimum Gasteiger partial charge on any atom is -0.507 e. The molecule has 43 heavy (non-hydrogen) atoms. The molecule has 0 aromatic heterocycles. The maximum atomic E-state index is 11.6. The number of rotatable bonds is 6. The summed E-state index contributed by atoms with van der Waals surface area (Å²) >= 11 is 12.1. The predicted octanol–water partition coefficient (Wildman–Crippen LogP) is 8.13. The smallest absolute Gasteiger partial charge is 0.345 e. The number of hydrogen-bond acceptors (Lipinski definition) is 10. The van der Waals surface area contributed by atoms with Crippen LogP contribution in [0.25, 0.3) is 0 Å². The fraction of sp³-hybridized carbons (Fsp3) is 0.0714. The topological polar surface area (TPSA) is 168 Å². The number of para-hydroxylation sites is 2. The first kappa shape index (κ1) is 34.7. The van der Waals surface area contributed by atoms with Crippen molar-refractivity contribution in [2.45, 2.75) is 0 Å². The minimum absolute atomic E-state index is 0.148. The van der Waals surface area contributed by atoms with Crippen molar-refractivity contribution in [1.82, 2.24) is 0 Å². The number of carbonyl (C=O) groups excluding carboxylic acids is 2. The number of ether oxygens (including phenoxy) is 3. The van der Waals surface area contributed by atoms with Crippen molar-refractivity contribution >= 4 is 66.8 Å². The van der Waals surface area contributed by atoms with Gasteiger partial charge in [-0.3, -0.25) is 20.2 Å². The normalized spacial score (nSPS) is 9.70. The van der Waals surface area contributed by atoms with Gasteiger partial charge < -0.3 is 19.3 Å². The first-order valence-electron chi connectivity index (χ1n) is 11.6. The monoisotopic (exact) mass is 738 g/mol. The highest BCUT2D eigenvalue weighted by Crippen LogP contribution is 2.32. The largest absolute Gasteiger partial charge is 0.507 e. The Bertz CT molecular complexity index is 1610. The highest BCUT2D eigenvalue weighted by atomic mass is 79.9. The maximum Gasteiger partial charge on any atom is 0.345 e. The molecule has 0 fully saturated rings. The van der Waals surface area contributed by atoms with Crippen LogP contribution in [0.2, 0.25) is 5.02 Å². The highest BCUT2D eigenvalue weighted by Gasteiger charge is 2.22. The number of phenols is 1. The Hall–Kier alpha value is -4.53. The lowest BCUT2D eigenvalue weighted by atomic mass is 10.1. The Kier molecular flexibility index (Phi) is 13.5. The van der Waals surface area contributed by atoms with E-state index in [4.69, 9.17) is 21.4 Å². The third-order valence-corrected chi connectivity index (χ3v) is 6.61. The second-order valence-electron chi connectivity index (χ2n) is 7.82. The Morgan fingerprint density at radius 2 is 1.23 bits per heavy atom. The summed E-state index contributed by atoms with van der Waals surface area (Å²) in [6.45, 7) is 0. The fourth-order valence-corrected chi connectivity index (χ4v) is 3.88. The number of carbonyl (C=O) groups is 2. The van der Waals surface area contributed by atoms with Gasteiger partial charge in [0.2, 0.25) is 0 Å². The average molecular weight is 741 g/mol. The standard InChI is InChI=1S/C14H10BrNO5.C8H6ClNO4.C6H5BrO/c1-20-14(17)10-8-9(6-7-12(10)16(18)19)21-13-5-3-2-4-11(13)15;1-14-8(11)6-4-5(9)2-3-7(6)10(12)13;7-5-3-1-2-4-6(5)8/h2-8H,1H3;2-4H,1H3;1-4,8H. The van der Waals surface area contributed by atoms with E-state index in [2.05, 4.69) is 41.3 Å². The lowest BCUT2D eigenvalue weighted by molar-refractivity contribution is -0.385. The van der Waals surface area contributed by atoms with Gasteiger partial charge in [-0.2, -0.15) is 0 Å². The van der Waals surface area contributed by atoms with E-state index in [1.807, 2.05) is 12.1 Å². The van der Waals surface area contributed by atoms with Crippen LogP contribution in [0.15, 0.2) is 93.9 Å². The molecular formula is C28H21Br2ClN2O10. The highest BCUT2D eigenvalue weighted by molar-refractivity contribution is 9.10. The molecule has 0 bridgehead atoms. The van der Waals surface area contributed by atoms with Crippen LogP contribution >= 0.6 is 43.5 Å². The van der Waals surface area contributed by atoms with Crippen LogP contribution in [0.1, 0.15) is 20.7 Å². The van der Waals surface area contributed by atoms with Crippen molar-refractivity contribution in [2.24, 2.45) is 0 Å². The number of nitrogens with zero attached hydrogens (tertiary/aromatic N) is 2. The fourth-order valence-electron chi connectivity index (χ4n) is 3.06. The molecule has 0 amide bonds. The molecule has 15 heteroatoms. The summed E-state index contributed by atoms with van der Waals surface area (Å²) in [5.74, 6) is -0.457. The van der Waals surface area contributed by atoms with Gasteiger partial charge in [0.05, 0.1) is 33.0 Å². The molecule has 0 aliphatic carbocycles. The summed E-state index contributed by atoms with van der Waals surface area (Å²) in [5.41, 5.74) is -0.959. The van der Waals surface area contributed by atoms with Crippen molar-refractivity contribution in [3.05, 3.63) is 130 Å². The lowest BCUT2D eigenvalue weighted by Crippen LogP contribution is -2.05. The molecule has 0 radical (unpaired) electrons. The molecule has 0 saturated heterocycles. The molecule has 12 nitrogen and oxygen atoms in total. The van der Waals surface area contributed by atoms with Gasteiger partial charge in [-0.1, -0.05) is 35.9 Å². The second kappa shape index (κ2) is 16.8. The number of hydrogen-bond donors (Lipinski definition) is 1. The number of benzene rings is 4. The van der Waals surface area contributed by atoms with Crippen LogP contribution < -0.4 is 4.74 Å². The molecule has 0 aliphatic rings. The maximum absolute atomic E-state index is 11.6. The number of aromatic hydroxyl groups is 1. The Labute approximate surface area is 266 Å². The molecule has 0 atom stereocenters. The summed E-state index contributed by atoms with van der Waals surface area (Å²) in [4.78, 5) is 42.8. The van der Waals surface area contributed by atoms with Gasteiger partial charge in [-0.25, -0.2) is 9.59 Å². The summed E-state index contributed by atoms with van der Waals surface area (Å²) in [7, 11) is 2.31. The first-order chi connectivity index (χ1) is 20.4. The molecular weight excluding hydrogens is 720 g/mol. The number of halogens is 3. The van der Waals surface area contributed by atoms with Crippen LogP contribution in [0.5, 0.6) is 17.2 Å². The predicted molar refractivity (Wildman–Crippen MR) is 164 cm³/mol. The van der Waals surface area contributed by atoms with E-state index in [-0.39, 0.29) is 33.3 Å². The van der Waals surface area contributed by atoms with Crippen molar-refractivity contribution in [3.63, 3.8) is 0 Å². The molecule has 0 heterocycles. The molecule has 4 aromatic rings. The minimum atomic E-state index is -0.792. The van der Waals surface area contributed by atoms with Gasteiger partial charge in [-0.05, 0) is 74.3 Å². The van der Waals surface area contributed by atoms with Crippen LogP contribution in [0.4, 0.5) is 11.4 Å². The molecule has 0 spiro atoms. The summed E-state index contributed by atoms with van der Waals surface area (Å²) in [6.07, 6.45) is 0. The molecule has 4 aromatic carbocycles. The van der Waals surface area contributed by atoms with Gasteiger partial charge >= 0.3 is 11.9 Å². The molecule has 0 unspecified atom stereocenters. The van der Waals surface area contributed by atoms with Crippen LogP contribution in [0.3, 0.4) is 0 Å². The van der Waals surface area contributed by atoms with Crippen LogP contribution in [-0.4, -0.2) is 41.1 Å². The zero-order chi connectivity index (χ0) is 32.1. The van der Waals surface area contributed by atoms with Gasteiger partial charge in [0.25, 0.3) is 11.4 Å². The van der Waals surface area contributed by atoms with Gasteiger partial charge in [0, 0.05) is 23.2 Å². The number of phenolic OH excluding ortho intramolecular Hbond substituents is 1. The Balaban J connectivity index is 0.000000251. The SMILES string of the molecule is COC(=O)c1cc(Cl)ccc1[N+](=O)[O-].COC(=O)c1cc(Oc2ccccc2Br)ccc1[N+](=O)[O-].Oc1ccccc1Br. The number of nitro groups is 2. The number of nitro benzene ring substituents is 2. The van der Waals surface area contributed by atoms with E-state index in [1.54, 1.807) is 36.4 Å². The Morgan fingerprint density at radius 3 is 1.70 bits per heavy atom. The number of esters is 2. The van der Waals surface area contributed by atoms with Gasteiger partial charge in [0.1, 0.15) is 28.4 Å². The van der Waals surface area contributed by atoms with Crippen LogP contribution in [-0.2, 0) is 9.47 Å². The van der Waals surface area contributed by atoms with Gasteiger partial charge in [0.15, 0.2) is 0 Å². The van der Waals surface area contributed by atoms with E-state index in [0.29, 0.717) is 11.5 Å². The van der Waals surface area contributed by atoms with Crippen molar-refractivity contribution < 1.29 is 38.8 Å². The zero-order valence-corrected chi connectivity index (χ0v) is 26.2. The summed E-state index contributed by atoms with van der Waals surface area (Å²) in [6, 6.07) is 21.8. The molecule has 1 N–H and O–H groups in total. The summed E-state index contributed by atoms with van der Waals surface area (Å²) in [5, 5.41) is 30.5. The number of methoxy groups -OCH3 is 2. The van der Waals surface area contributed by atoms with Crippen molar-refractivity contribution in [3.8, 4) is 17.2 Å². The lowest BCUT2D eigenvalue weighted by Gasteiger charge is -2.09. The average Bonchev–Trinajstić information content (AvgIpc) is 2.99. The molecule has 0 saturated carbocycles. The molecule has 224 valence electrons. The first-order valence-corrected chi connectivity index (χ1v) is 13.6. The van der Waals surface area contributed by atoms with E-state index in [9.17, 15) is 29.8 Å². The Morgan fingerprint density at radius 1 is 0.744 bits per heavy atom. The van der Waals surface area contributed by atoms with Crippen LogP contribution in [0, 0.1) is 20.2 Å². The summed E-state index contributed by atoms with van der Waals surface area (Å²) < 4.78 is 16.0. The van der Waals surface area contributed by atoms with Crippen molar-refractivity contribution in [1.29, 1.82) is 0 Å². The third-order valence-electron chi connectivity index (χ3n) is 5.05. The van der Waals surface area contributed by atoms with E-state index < -0.39 is 21.8 Å². The third kappa shape index (κ3) is 10.4. The molecule has 0 aliphatic heterocycles. The van der Waals surface area contributed by atoms with Gasteiger partial charge in [-0.15, -0.1) is 0 Å². The zero-order valence-electron chi connectivity index (χ0n) is 22.2. The van der Waals surface area contributed by atoms with E-state index in [1.165, 1.54) is 30.3 Å².